The minimum absolute atomic E-state index is 0.265. The summed E-state index contributed by atoms with van der Waals surface area (Å²) in [6.07, 6.45) is 1.75. The van der Waals surface area contributed by atoms with Crippen molar-refractivity contribution in [1.82, 2.24) is 0 Å². The van der Waals surface area contributed by atoms with Crippen molar-refractivity contribution in [3.63, 3.8) is 0 Å². The molecule has 1 heterocycles. The van der Waals surface area contributed by atoms with Gasteiger partial charge in [-0.1, -0.05) is 25.1 Å². The van der Waals surface area contributed by atoms with Crippen molar-refractivity contribution in [3.8, 4) is 0 Å². The van der Waals surface area contributed by atoms with E-state index in [4.69, 9.17) is 0 Å². The molecule has 0 radical (unpaired) electrons. The van der Waals surface area contributed by atoms with Gasteiger partial charge in [-0.25, -0.2) is 0 Å². The van der Waals surface area contributed by atoms with Crippen LogP contribution in [0.2, 0.25) is 0 Å². The van der Waals surface area contributed by atoms with Gasteiger partial charge in [0.25, 0.3) is 0 Å². The zero-order valence-corrected chi connectivity index (χ0v) is 8.61. The first-order valence-corrected chi connectivity index (χ1v) is 5.35. The molecule has 1 N–H and O–H groups in total. The molecular formula is C12H17NO. The normalized spacial score (nSPS) is 20.7. The van der Waals surface area contributed by atoms with Crippen molar-refractivity contribution >= 4 is 5.69 Å². The van der Waals surface area contributed by atoms with Crippen molar-refractivity contribution < 1.29 is 5.11 Å². The first-order chi connectivity index (χ1) is 6.83. The van der Waals surface area contributed by atoms with Crippen molar-refractivity contribution in [2.75, 3.05) is 18.0 Å². The minimum Gasteiger partial charge on any atom is -0.388 e. The summed E-state index contributed by atoms with van der Waals surface area (Å²) < 4.78 is 0. The van der Waals surface area contributed by atoms with E-state index in [0.29, 0.717) is 0 Å². The molecule has 0 fully saturated rings. The average molecular weight is 191 g/mol. The van der Waals surface area contributed by atoms with Crippen LogP contribution in [0.1, 0.15) is 31.4 Å². The molecule has 0 aliphatic carbocycles. The molecule has 0 saturated carbocycles. The van der Waals surface area contributed by atoms with Crippen molar-refractivity contribution in [2.45, 2.75) is 25.9 Å². The van der Waals surface area contributed by atoms with Gasteiger partial charge in [-0.2, -0.15) is 0 Å². The van der Waals surface area contributed by atoms with Crippen molar-refractivity contribution in [2.24, 2.45) is 0 Å². The summed E-state index contributed by atoms with van der Waals surface area (Å²) in [7, 11) is 0. The lowest BCUT2D eigenvalue weighted by Gasteiger charge is -2.33. The number of benzene rings is 1. The Morgan fingerprint density at radius 2 is 2.21 bits per heavy atom. The number of para-hydroxylation sites is 1. The number of aliphatic hydroxyl groups is 1. The Kier molecular flexibility index (Phi) is 2.73. The molecule has 0 spiro atoms. The fraction of sp³-hybridized carbons (Fsp3) is 0.500. The van der Waals surface area contributed by atoms with Crippen molar-refractivity contribution in [1.29, 1.82) is 0 Å². The molecule has 1 atom stereocenters. The van der Waals surface area contributed by atoms with Crippen LogP contribution in [0, 0.1) is 0 Å². The van der Waals surface area contributed by atoms with Gasteiger partial charge < -0.3 is 10.0 Å². The topological polar surface area (TPSA) is 23.5 Å². The number of rotatable bonds is 2. The van der Waals surface area contributed by atoms with Crippen LogP contribution in [0.3, 0.4) is 0 Å². The predicted molar refractivity (Wildman–Crippen MR) is 58.5 cm³/mol. The summed E-state index contributed by atoms with van der Waals surface area (Å²) in [5.41, 5.74) is 2.31. The average Bonchev–Trinajstić information content (AvgIpc) is 2.23. The van der Waals surface area contributed by atoms with Gasteiger partial charge in [0, 0.05) is 24.3 Å². The fourth-order valence-electron chi connectivity index (χ4n) is 2.11. The second kappa shape index (κ2) is 4.01. The molecule has 2 nitrogen and oxygen atoms in total. The first kappa shape index (κ1) is 9.53. The lowest BCUT2D eigenvalue weighted by molar-refractivity contribution is 0.164. The molecule has 1 aliphatic heterocycles. The zero-order valence-electron chi connectivity index (χ0n) is 8.61. The Labute approximate surface area is 85.2 Å². The van der Waals surface area contributed by atoms with E-state index < -0.39 is 0 Å². The van der Waals surface area contributed by atoms with Gasteiger partial charge >= 0.3 is 0 Å². The highest BCUT2D eigenvalue weighted by Crippen LogP contribution is 2.33. The van der Waals surface area contributed by atoms with E-state index in [1.165, 1.54) is 5.69 Å². The molecule has 1 unspecified atom stereocenters. The molecule has 14 heavy (non-hydrogen) atoms. The highest BCUT2D eigenvalue weighted by atomic mass is 16.3. The van der Waals surface area contributed by atoms with Crippen LogP contribution in [0.4, 0.5) is 5.69 Å². The third-order valence-corrected chi connectivity index (χ3v) is 2.80. The van der Waals surface area contributed by atoms with E-state index in [1.54, 1.807) is 0 Å². The third-order valence-electron chi connectivity index (χ3n) is 2.80. The second-order valence-electron chi connectivity index (χ2n) is 3.85. The van der Waals surface area contributed by atoms with Crippen LogP contribution in [0.5, 0.6) is 0 Å². The number of nitrogens with zero attached hydrogens (tertiary/aromatic N) is 1. The highest BCUT2D eigenvalue weighted by Gasteiger charge is 2.21. The van der Waals surface area contributed by atoms with Gasteiger partial charge in [-0.05, 0) is 18.9 Å². The number of hydrogen-bond acceptors (Lipinski definition) is 2. The van der Waals surface area contributed by atoms with E-state index in [9.17, 15) is 5.11 Å². The number of aliphatic hydroxyl groups excluding tert-OH is 1. The second-order valence-corrected chi connectivity index (χ2v) is 3.85. The van der Waals surface area contributed by atoms with Gasteiger partial charge in [-0.15, -0.1) is 0 Å². The van der Waals surface area contributed by atoms with Crippen molar-refractivity contribution in [3.05, 3.63) is 29.8 Å². The van der Waals surface area contributed by atoms with E-state index in [0.717, 1.165) is 31.5 Å². The smallest absolute Gasteiger partial charge is 0.0826 e. The summed E-state index contributed by atoms with van der Waals surface area (Å²) in [4.78, 5) is 2.36. The first-order valence-electron chi connectivity index (χ1n) is 5.35. The fourth-order valence-corrected chi connectivity index (χ4v) is 2.11. The molecule has 0 saturated heterocycles. The number of anilines is 1. The SMILES string of the molecule is CCCN1CCC(O)c2ccccc21. The van der Waals surface area contributed by atoms with Crippen LogP contribution in [0.15, 0.2) is 24.3 Å². The van der Waals surface area contributed by atoms with E-state index in [-0.39, 0.29) is 6.10 Å². The molecule has 0 aromatic heterocycles. The van der Waals surface area contributed by atoms with Crippen LogP contribution in [-0.4, -0.2) is 18.2 Å². The maximum Gasteiger partial charge on any atom is 0.0826 e. The van der Waals surface area contributed by atoms with Crippen LogP contribution < -0.4 is 4.90 Å². The summed E-state index contributed by atoms with van der Waals surface area (Å²) in [5.74, 6) is 0. The Balaban J connectivity index is 2.31. The summed E-state index contributed by atoms with van der Waals surface area (Å²) in [6.45, 7) is 4.25. The molecule has 0 amide bonds. The van der Waals surface area contributed by atoms with Gasteiger partial charge in [0.05, 0.1) is 6.10 Å². The molecule has 76 valence electrons. The molecule has 2 rings (SSSR count). The number of hydrogen-bond donors (Lipinski definition) is 1. The molecule has 2 heteroatoms. The van der Waals surface area contributed by atoms with Gasteiger partial charge in [0.15, 0.2) is 0 Å². The Bertz CT molecular complexity index is 311. The minimum atomic E-state index is -0.265. The zero-order chi connectivity index (χ0) is 9.97. The third kappa shape index (κ3) is 1.62. The predicted octanol–water partition coefficient (Wildman–Crippen LogP) is 2.34. The molecule has 1 aromatic rings. The lowest BCUT2D eigenvalue weighted by atomic mass is 9.99. The molecule has 1 aromatic carbocycles. The van der Waals surface area contributed by atoms with Crippen LogP contribution in [0.25, 0.3) is 0 Å². The monoisotopic (exact) mass is 191 g/mol. The maximum atomic E-state index is 9.82. The Morgan fingerprint density at radius 1 is 1.43 bits per heavy atom. The molecule has 1 aliphatic rings. The largest absolute Gasteiger partial charge is 0.388 e. The Hall–Kier alpha value is -1.02. The summed E-state index contributed by atoms with van der Waals surface area (Å²) >= 11 is 0. The molecule has 0 bridgehead atoms. The Morgan fingerprint density at radius 3 is 3.00 bits per heavy atom. The lowest BCUT2D eigenvalue weighted by Crippen LogP contribution is -2.31. The summed E-state index contributed by atoms with van der Waals surface area (Å²) in [5, 5.41) is 9.82. The van der Waals surface area contributed by atoms with Gasteiger partial charge in [-0.3, -0.25) is 0 Å². The van der Waals surface area contributed by atoms with Gasteiger partial charge in [0.1, 0.15) is 0 Å². The van der Waals surface area contributed by atoms with E-state index in [1.807, 2.05) is 18.2 Å². The van der Waals surface area contributed by atoms with E-state index in [2.05, 4.69) is 17.9 Å². The standard InChI is InChI=1S/C12H17NO/c1-2-8-13-9-7-12(14)10-5-3-4-6-11(10)13/h3-6,12,14H,2,7-9H2,1H3. The summed E-state index contributed by atoms with van der Waals surface area (Å²) in [6, 6.07) is 8.17. The highest BCUT2D eigenvalue weighted by molar-refractivity contribution is 5.56. The number of fused-ring (bicyclic) bond motifs is 1. The van der Waals surface area contributed by atoms with Crippen LogP contribution >= 0.6 is 0 Å². The van der Waals surface area contributed by atoms with Crippen LogP contribution in [-0.2, 0) is 0 Å². The molecular weight excluding hydrogens is 174 g/mol. The van der Waals surface area contributed by atoms with Gasteiger partial charge in [0.2, 0.25) is 0 Å². The maximum absolute atomic E-state index is 9.82. The quantitative estimate of drug-likeness (QED) is 0.775. The van der Waals surface area contributed by atoms with E-state index >= 15 is 0 Å².